The molecule has 3 rings (SSSR count). The van der Waals surface area contributed by atoms with Crippen molar-refractivity contribution in [2.75, 3.05) is 0 Å². The van der Waals surface area contributed by atoms with Crippen molar-refractivity contribution in [1.29, 1.82) is 0 Å². The van der Waals surface area contributed by atoms with Crippen molar-refractivity contribution in [2.24, 2.45) is 5.92 Å². The van der Waals surface area contributed by atoms with Gasteiger partial charge in [-0.15, -0.1) is 0 Å². The summed E-state index contributed by atoms with van der Waals surface area (Å²) in [6.45, 7) is 2.26. The van der Waals surface area contributed by atoms with E-state index in [4.69, 9.17) is 0 Å². The second-order valence-electron chi connectivity index (χ2n) is 6.04. The molecule has 0 saturated heterocycles. The number of H-pyrrole nitrogens is 1. The largest absolute Gasteiger partial charge is 0.361 e. The summed E-state index contributed by atoms with van der Waals surface area (Å²) in [7, 11) is 0. The minimum atomic E-state index is 0.189. The smallest absolute Gasteiger partial charge is 0.220 e. The lowest BCUT2D eigenvalue weighted by molar-refractivity contribution is -0.121. The molecule has 0 radical (unpaired) electrons. The number of aryl methyl sites for hydroxylation is 1. The number of nitrogens with one attached hydrogen (secondary N) is 2. The average molecular weight is 270 g/mol. The molecule has 1 saturated carbocycles. The lowest BCUT2D eigenvalue weighted by Gasteiger charge is -2.12. The number of rotatable bonds is 4. The van der Waals surface area contributed by atoms with Crippen LogP contribution in [-0.4, -0.2) is 16.9 Å². The highest BCUT2D eigenvalue weighted by Gasteiger charge is 2.22. The number of para-hydroxylation sites is 1. The molecule has 2 atom stereocenters. The van der Waals surface area contributed by atoms with E-state index in [-0.39, 0.29) is 5.91 Å². The Morgan fingerprint density at radius 1 is 1.35 bits per heavy atom. The number of fused-ring (bicyclic) bond motifs is 1. The molecular formula is C17H22N2O. The maximum Gasteiger partial charge on any atom is 0.220 e. The minimum absolute atomic E-state index is 0.189. The first-order chi connectivity index (χ1) is 9.72. The maximum atomic E-state index is 12.0. The van der Waals surface area contributed by atoms with Gasteiger partial charge in [0.2, 0.25) is 5.91 Å². The molecule has 20 heavy (non-hydrogen) atoms. The van der Waals surface area contributed by atoms with Crippen LogP contribution in [0.4, 0.5) is 0 Å². The van der Waals surface area contributed by atoms with E-state index in [1.54, 1.807) is 0 Å². The molecule has 3 heteroatoms. The molecule has 1 aliphatic rings. The van der Waals surface area contributed by atoms with Gasteiger partial charge in [0.15, 0.2) is 0 Å². The Hall–Kier alpha value is -1.77. The maximum absolute atomic E-state index is 12.0. The Bertz CT molecular complexity index is 602. The zero-order valence-electron chi connectivity index (χ0n) is 12.0. The molecule has 1 amide bonds. The average Bonchev–Trinajstić information content (AvgIpc) is 3.03. The second-order valence-corrected chi connectivity index (χ2v) is 6.04. The molecule has 0 spiro atoms. The zero-order chi connectivity index (χ0) is 13.9. The van der Waals surface area contributed by atoms with Crippen LogP contribution in [0.2, 0.25) is 0 Å². The van der Waals surface area contributed by atoms with Crippen LogP contribution >= 0.6 is 0 Å². The molecule has 0 aliphatic heterocycles. The highest BCUT2D eigenvalue weighted by Crippen LogP contribution is 2.25. The van der Waals surface area contributed by atoms with Crippen molar-refractivity contribution in [3.8, 4) is 0 Å². The van der Waals surface area contributed by atoms with Gasteiger partial charge in [-0.25, -0.2) is 0 Å². The molecule has 2 aromatic rings. The predicted octanol–water partition coefficient (Wildman–Crippen LogP) is 3.41. The summed E-state index contributed by atoms with van der Waals surface area (Å²) in [5.41, 5.74) is 2.38. The number of amides is 1. The van der Waals surface area contributed by atoms with E-state index in [1.165, 1.54) is 17.4 Å². The summed E-state index contributed by atoms with van der Waals surface area (Å²) < 4.78 is 0. The lowest BCUT2D eigenvalue weighted by Crippen LogP contribution is -2.32. The Kier molecular flexibility index (Phi) is 3.77. The van der Waals surface area contributed by atoms with Gasteiger partial charge in [0.05, 0.1) is 0 Å². The fourth-order valence-electron chi connectivity index (χ4n) is 3.22. The third kappa shape index (κ3) is 2.87. The van der Waals surface area contributed by atoms with E-state index < -0.39 is 0 Å². The molecule has 2 N–H and O–H groups in total. The van der Waals surface area contributed by atoms with Crippen molar-refractivity contribution in [2.45, 2.75) is 45.1 Å². The number of hydrogen-bond acceptors (Lipinski definition) is 1. The topological polar surface area (TPSA) is 44.9 Å². The van der Waals surface area contributed by atoms with Crippen molar-refractivity contribution < 1.29 is 4.79 Å². The fraction of sp³-hybridized carbons (Fsp3) is 0.471. The Balaban J connectivity index is 1.55. The van der Waals surface area contributed by atoms with Gasteiger partial charge >= 0.3 is 0 Å². The molecule has 1 heterocycles. The number of aromatic amines is 1. The number of benzene rings is 1. The predicted molar refractivity (Wildman–Crippen MR) is 81.6 cm³/mol. The van der Waals surface area contributed by atoms with Crippen LogP contribution in [0.25, 0.3) is 10.9 Å². The van der Waals surface area contributed by atoms with Gasteiger partial charge in [0, 0.05) is 29.6 Å². The molecule has 0 bridgehead atoms. The van der Waals surface area contributed by atoms with Crippen LogP contribution in [0, 0.1) is 5.92 Å². The van der Waals surface area contributed by atoms with E-state index in [2.05, 4.69) is 29.4 Å². The monoisotopic (exact) mass is 270 g/mol. The lowest BCUT2D eigenvalue weighted by atomic mass is 10.1. The summed E-state index contributed by atoms with van der Waals surface area (Å²) in [6, 6.07) is 8.65. The zero-order valence-corrected chi connectivity index (χ0v) is 12.0. The second kappa shape index (κ2) is 5.70. The molecule has 1 aromatic carbocycles. The van der Waals surface area contributed by atoms with Crippen molar-refractivity contribution >= 4 is 16.8 Å². The van der Waals surface area contributed by atoms with Gasteiger partial charge in [-0.3, -0.25) is 4.79 Å². The molecule has 1 aromatic heterocycles. The van der Waals surface area contributed by atoms with Crippen LogP contribution in [0.3, 0.4) is 0 Å². The van der Waals surface area contributed by atoms with Gasteiger partial charge in [-0.2, -0.15) is 0 Å². The van der Waals surface area contributed by atoms with E-state index in [9.17, 15) is 4.79 Å². The summed E-state index contributed by atoms with van der Waals surface area (Å²) in [6.07, 6.45) is 6.92. The quantitative estimate of drug-likeness (QED) is 0.878. The van der Waals surface area contributed by atoms with Crippen molar-refractivity contribution in [1.82, 2.24) is 10.3 Å². The molecular weight excluding hydrogens is 248 g/mol. The summed E-state index contributed by atoms with van der Waals surface area (Å²) >= 11 is 0. The molecule has 2 unspecified atom stereocenters. The van der Waals surface area contributed by atoms with Crippen molar-refractivity contribution in [3.63, 3.8) is 0 Å². The minimum Gasteiger partial charge on any atom is -0.361 e. The third-order valence-electron chi connectivity index (χ3n) is 4.36. The van der Waals surface area contributed by atoms with Gasteiger partial charge in [0.1, 0.15) is 0 Å². The van der Waals surface area contributed by atoms with E-state index in [1.807, 2.05) is 18.3 Å². The van der Waals surface area contributed by atoms with Gasteiger partial charge in [-0.1, -0.05) is 25.1 Å². The first kappa shape index (κ1) is 13.2. The van der Waals surface area contributed by atoms with Gasteiger partial charge in [-0.05, 0) is 43.2 Å². The summed E-state index contributed by atoms with van der Waals surface area (Å²) in [4.78, 5) is 15.3. The molecule has 1 aliphatic carbocycles. The highest BCUT2D eigenvalue weighted by atomic mass is 16.1. The SMILES string of the molecule is CC1CCC(NC(=O)CCc2c[nH]c3ccccc23)C1. The Morgan fingerprint density at radius 2 is 2.20 bits per heavy atom. The van der Waals surface area contributed by atoms with Gasteiger partial charge in [0.25, 0.3) is 0 Å². The molecule has 3 nitrogen and oxygen atoms in total. The molecule has 106 valence electrons. The van der Waals surface area contributed by atoms with E-state index in [0.29, 0.717) is 12.5 Å². The van der Waals surface area contributed by atoms with Crippen LogP contribution in [-0.2, 0) is 11.2 Å². The van der Waals surface area contributed by atoms with Crippen LogP contribution in [0.5, 0.6) is 0 Å². The first-order valence-corrected chi connectivity index (χ1v) is 7.56. The van der Waals surface area contributed by atoms with Crippen LogP contribution in [0.15, 0.2) is 30.5 Å². The normalized spacial score (nSPS) is 22.2. The molecule has 1 fully saturated rings. The number of carbonyl (C=O) groups excluding carboxylic acids is 1. The summed E-state index contributed by atoms with van der Waals surface area (Å²) in [5, 5.41) is 4.40. The Labute approximate surface area is 119 Å². The highest BCUT2D eigenvalue weighted by molar-refractivity contribution is 5.84. The number of aromatic nitrogens is 1. The third-order valence-corrected chi connectivity index (χ3v) is 4.36. The fourth-order valence-corrected chi connectivity index (χ4v) is 3.22. The standard InChI is InChI=1S/C17H22N2O/c1-12-6-8-14(10-12)19-17(20)9-7-13-11-18-16-5-3-2-4-15(13)16/h2-5,11-12,14,18H,6-10H2,1H3,(H,19,20). The van der Waals surface area contributed by atoms with E-state index in [0.717, 1.165) is 30.7 Å². The summed E-state index contributed by atoms with van der Waals surface area (Å²) in [5.74, 6) is 0.947. The van der Waals surface area contributed by atoms with Crippen LogP contribution in [0.1, 0.15) is 38.2 Å². The first-order valence-electron chi connectivity index (χ1n) is 7.56. The van der Waals surface area contributed by atoms with Crippen LogP contribution < -0.4 is 5.32 Å². The van der Waals surface area contributed by atoms with E-state index >= 15 is 0 Å². The number of carbonyl (C=O) groups is 1. The van der Waals surface area contributed by atoms with Gasteiger partial charge < -0.3 is 10.3 Å². The van der Waals surface area contributed by atoms with Crippen molar-refractivity contribution in [3.05, 3.63) is 36.0 Å². The number of hydrogen-bond donors (Lipinski definition) is 2. The Morgan fingerprint density at radius 3 is 3.00 bits per heavy atom.